The molecule has 0 atom stereocenters. The number of nitrogens with zero attached hydrogens (tertiary/aromatic N) is 1. The first kappa shape index (κ1) is 20.9. The molecule has 0 radical (unpaired) electrons. The lowest BCUT2D eigenvalue weighted by Crippen LogP contribution is -2.39. The van der Waals surface area contributed by atoms with Crippen LogP contribution in [0.3, 0.4) is 0 Å². The average molecular weight is 386 g/mol. The van der Waals surface area contributed by atoms with Crippen LogP contribution in [-0.2, 0) is 15.9 Å². The van der Waals surface area contributed by atoms with Crippen LogP contribution < -0.4 is 10.6 Å². The van der Waals surface area contributed by atoms with Gasteiger partial charge in [0, 0.05) is 51.6 Å². The van der Waals surface area contributed by atoms with Crippen molar-refractivity contribution >= 4 is 17.6 Å². The van der Waals surface area contributed by atoms with Crippen LogP contribution in [-0.4, -0.2) is 52.5 Å². The summed E-state index contributed by atoms with van der Waals surface area (Å²) in [4.78, 5) is 4.19. The van der Waals surface area contributed by atoms with Crippen molar-refractivity contribution in [2.24, 2.45) is 10.9 Å². The van der Waals surface area contributed by atoms with Crippen LogP contribution >= 0.6 is 11.6 Å². The van der Waals surface area contributed by atoms with Gasteiger partial charge in [-0.2, -0.15) is 0 Å². The molecule has 1 aliphatic rings. The van der Waals surface area contributed by atoms with Gasteiger partial charge >= 0.3 is 0 Å². The highest BCUT2D eigenvalue weighted by Gasteiger charge is 2.13. The van der Waals surface area contributed by atoms with E-state index in [0.717, 1.165) is 63.8 Å². The third-order valence-electron chi connectivity index (χ3n) is 4.38. The van der Waals surface area contributed by atoms with Gasteiger partial charge in [-0.15, -0.1) is 0 Å². The Balaban J connectivity index is 1.53. The number of ether oxygens (including phenoxy) is 2. The fraction of sp³-hybridized carbons (Fsp3) is 0.632. The summed E-state index contributed by atoms with van der Waals surface area (Å²) >= 11 is 6.03. The Kier molecular flexibility index (Phi) is 9.74. The minimum atomic E-state index is -0.316. The second kappa shape index (κ2) is 12.1. The van der Waals surface area contributed by atoms with Gasteiger partial charge in [-0.3, -0.25) is 4.99 Å². The Morgan fingerprint density at radius 2 is 2.08 bits per heavy atom. The monoisotopic (exact) mass is 385 g/mol. The number of guanidine groups is 1. The molecule has 0 spiro atoms. The molecule has 0 aromatic heterocycles. The summed E-state index contributed by atoms with van der Waals surface area (Å²) in [5.74, 6) is 1.07. The summed E-state index contributed by atoms with van der Waals surface area (Å²) < 4.78 is 24.1. The second-order valence-electron chi connectivity index (χ2n) is 6.40. The van der Waals surface area contributed by atoms with E-state index in [1.54, 1.807) is 13.1 Å². The first-order chi connectivity index (χ1) is 12.7. The summed E-state index contributed by atoms with van der Waals surface area (Å²) in [5.41, 5.74) is 0.914. The lowest BCUT2D eigenvalue weighted by molar-refractivity contribution is 0.0203. The minimum Gasteiger partial charge on any atom is -0.381 e. The van der Waals surface area contributed by atoms with Gasteiger partial charge < -0.3 is 20.1 Å². The maximum atomic E-state index is 13.0. The van der Waals surface area contributed by atoms with Crippen molar-refractivity contribution in [3.63, 3.8) is 0 Å². The van der Waals surface area contributed by atoms with E-state index in [-0.39, 0.29) is 5.82 Å². The quantitative estimate of drug-likeness (QED) is 0.390. The fourth-order valence-corrected chi connectivity index (χ4v) is 3.07. The van der Waals surface area contributed by atoms with E-state index in [0.29, 0.717) is 23.9 Å². The van der Waals surface area contributed by atoms with Crippen molar-refractivity contribution in [1.29, 1.82) is 0 Å². The fourth-order valence-electron chi connectivity index (χ4n) is 2.80. The standard InChI is InChI=1S/C19H29ClFN3O2/c1-22-19(24-9-5-16-3-4-17(21)13-18(16)20)23-8-2-10-26-14-15-6-11-25-12-7-15/h3-4,13,15H,2,5-12,14H2,1H3,(H2,22,23,24). The molecule has 1 fully saturated rings. The van der Waals surface area contributed by atoms with Crippen LogP contribution in [0.4, 0.5) is 4.39 Å². The third-order valence-corrected chi connectivity index (χ3v) is 4.73. The first-order valence-corrected chi connectivity index (χ1v) is 9.60. The van der Waals surface area contributed by atoms with Crippen molar-refractivity contribution in [2.45, 2.75) is 25.7 Å². The largest absolute Gasteiger partial charge is 0.381 e. The number of hydrogen-bond donors (Lipinski definition) is 2. The van der Waals surface area contributed by atoms with E-state index in [4.69, 9.17) is 21.1 Å². The maximum Gasteiger partial charge on any atom is 0.190 e. The summed E-state index contributed by atoms with van der Waals surface area (Å²) in [6, 6.07) is 4.48. The van der Waals surface area contributed by atoms with Crippen LogP contribution in [0.5, 0.6) is 0 Å². The maximum absolute atomic E-state index is 13.0. The predicted octanol–water partition coefficient (Wildman–Crippen LogP) is 3.02. The topological polar surface area (TPSA) is 54.9 Å². The second-order valence-corrected chi connectivity index (χ2v) is 6.80. The Hall–Kier alpha value is -1.37. The Morgan fingerprint density at radius 1 is 1.31 bits per heavy atom. The average Bonchev–Trinajstić information content (AvgIpc) is 2.65. The highest BCUT2D eigenvalue weighted by molar-refractivity contribution is 6.31. The van der Waals surface area contributed by atoms with Gasteiger partial charge in [-0.25, -0.2) is 4.39 Å². The molecule has 1 aliphatic heterocycles. The summed E-state index contributed by atoms with van der Waals surface area (Å²) in [7, 11) is 1.74. The lowest BCUT2D eigenvalue weighted by atomic mass is 10.0. The Morgan fingerprint density at radius 3 is 2.81 bits per heavy atom. The molecule has 0 bridgehead atoms. The minimum absolute atomic E-state index is 0.316. The van der Waals surface area contributed by atoms with Gasteiger partial charge in [-0.1, -0.05) is 17.7 Å². The van der Waals surface area contributed by atoms with E-state index in [1.807, 2.05) is 0 Å². The zero-order valence-corrected chi connectivity index (χ0v) is 16.2. The molecule has 1 aromatic carbocycles. The lowest BCUT2D eigenvalue weighted by Gasteiger charge is -2.21. The molecule has 0 saturated carbocycles. The highest BCUT2D eigenvalue weighted by atomic mass is 35.5. The normalized spacial score (nSPS) is 15.9. The van der Waals surface area contributed by atoms with Crippen LogP contribution in [0.15, 0.2) is 23.2 Å². The summed E-state index contributed by atoms with van der Waals surface area (Å²) in [6.45, 7) is 4.76. The molecule has 146 valence electrons. The number of hydrogen-bond acceptors (Lipinski definition) is 3. The number of rotatable bonds is 9. The van der Waals surface area contributed by atoms with E-state index in [9.17, 15) is 4.39 Å². The van der Waals surface area contributed by atoms with E-state index in [1.165, 1.54) is 12.1 Å². The molecule has 2 N–H and O–H groups in total. The molecular weight excluding hydrogens is 357 g/mol. The number of halogens is 2. The van der Waals surface area contributed by atoms with E-state index in [2.05, 4.69) is 15.6 Å². The van der Waals surface area contributed by atoms with Gasteiger partial charge in [0.25, 0.3) is 0 Å². The Bertz CT molecular complexity index is 566. The molecule has 1 saturated heterocycles. The first-order valence-electron chi connectivity index (χ1n) is 9.23. The molecule has 1 aromatic rings. The van der Waals surface area contributed by atoms with Crippen LogP contribution in [0, 0.1) is 11.7 Å². The molecule has 26 heavy (non-hydrogen) atoms. The molecule has 2 rings (SSSR count). The highest BCUT2D eigenvalue weighted by Crippen LogP contribution is 2.17. The van der Waals surface area contributed by atoms with Gasteiger partial charge in [0.1, 0.15) is 5.82 Å². The van der Waals surface area contributed by atoms with Crippen molar-refractivity contribution < 1.29 is 13.9 Å². The third kappa shape index (κ3) is 7.89. The van der Waals surface area contributed by atoms with Crippen molar-refractivity contribution in [3.8, 4) is 0 Å². The Labute approximate surface area is 160 Å². The SMILES string of the molecule is CN=C(NCCCOCC1CCOCC1)NCCc1ccc(F)cc1Cl. The number of nitrogens with one attached hydrogen (secondary N) is 2. The molecule has 7 heteroatoms. The number of aliphatic imine (C=N–C) groups is 1. The predicted molar refractivity (Wildman–Crippen MR) is 103 cm³/mol. The summed E-state index contributed by atoms with van der Waals surface area (Å²) in [5, 5.41) is 6.95. The smallest absolute Gasteiger partial charge is 0.190 e. The van der Waals surface area contributed by atoms with Gasteiger partial charge in [0.2, 0.25) is 0 Å². The molecule has 0 amide bonds. The zero-order valence-electron chi connectivity index (χ0n) is 15.4. The van der Waals surface area contributed by atoms with Gasteiger partial charge in [-0.05, 0) is 49.3 Å². The molecule has 0 aliphatic carbocycles. The van der Waals surface area contributed by atoms with Crippen molar-refractivity contribution in [2.75, 3.05) is 46.6 Å². The van der Waals surface area contributed by atoms with Gasteiger partial charge in [0.05, 0.1) is 0 Å². The summed E-state index contributed by atoms with van der Waals surface area (Å²) in [6.07, 6.45) is 3.83. The number of benzene rings is 1. The van der Waals surface area contributed by atoms with Crippen LogP contribution in [0.25, 0.3) is 0 Å². The molecule has 5 nitrogen and oxygen atoms in total. The zero-order chi connectivity index (χ0) is 18.6. The van der Waals surface area contributed by atoms with Crippen LogP contribution in [0.2, 0.25) is 5.02 Å². The van der Waals surface area contributed by atoms with Gasteiger partial charge in [0.15, 0.2) is 5.96 Å². The molecule has 1 heterocycles. The molecule has 0 unspecified atom stereocenters. The van der Waals surface area contributed by atoms with E-state index < -0.39 is 0 Å². The van der Waals surface area contributed by atoms with Crippen molar-refractivity contribution in [3.05, 3.63) is 34.6 Å². The molecular formula is C19H29ClFN3O2. The van der Waals surface area contributed by atoms with Crippen molar-refractivity contribution in [1.82, 2.24) is 10.6 Å². The van der Waals surface area contributed by atoms with E-state index >= 15 is 0 Å². The van der Waals surface area contributed by atoms with Crippen LogP contribution in [0.1, 0.15) is 24.8 Å².